The van der Waals surface area contributed by atoms with Gasteiger partial charge in [0.1, 0.15) is 5.56 Å². The Morgan fingerprint density at radius 3 is 2.72 bits per heavy atom. The van der Waals surface area contributed by atoms with Gasteiger partial charge >= 0.3 is 0 Å². The number of hydrogen-bond donors (Lipinski definition) is 2. The molecule has 0 fully saturated rings. The highest BCUT2D eigenvalue weighted by Crippen LogP contribution is 2.12. The van der Waals surface area contributed by atoms with Crippen LogP contribution >= 0.6 is 0 Å². The van der Waals surface area contributed by atoms with Crippen LogP contribution in [0.15, 0.2) is 24.5 Å². The molecule has 0 saturated heterocycles. The Morgan fingerprint density at radius 2 is 2.17 bits per heavy atom. The van der Waals surface area contributed by atoms with Gasteiger partial charge in [-0.1, -0.05) is 26.7 Å². The van der Waals surface area contributed by atoms with E-state index in [0.717, 1.165) is 12.8 Å². The van der Waals surface area contributed by atoms with Crippen molar-refractivity contribution in [3.05, 3.63) is 35.3 Å². The minimum Gasteiger partial charge on any atom is -0.619 e. The van der Waals surface area contributed by atoms with Crippen molar-refractivity contribution in [2.75, 3.05) is 6.54 Å². The minimum atomic E-state index is -0.549. The Morgan fingerprint density at radius 1 is 1.50 bits per heavy atom. The molecule has 100 valence electrons. The van der Waals surface area contributed by atoms with Crippen LogP contribution in [-0.2, 0) is 0 Å². The molecule has 1 heterocycles. The molecule has 0 aromatic carbocycles. The molecule has 1 amide bonds. The number of aromatic nitrogens is 1. The Labute approximate surface area is 107 Å². The monoisotopic (exact) mass is 252 g/mol. The number of rotatable bonds is 6. The molecule has 1 atom stereocenters. The van der Waals surface area contributed by atoms with E-state index in [9.17, 15) is 15.1 Å². The van der Waals surface area contributed by atoms with E-state index in [2.05, 4.69) is 5.32 Å². The fourth-order valence-electron chi connectivity index (χ4n) is 1.89. The first kappa shape index (κ1) is 14.4. The maximum atomic E-state index is 11.7. The van der Waals surface area contributed by atoms with Crippen LogP contribution in [0.4, 0.5) is 0 Å². The van der Waals surface area contributed by atoms with Crippen LogP contribution in [0, 0.1) is 11.1 Å². The first-order valence-corrected chi connectivity index (χ1v) is 6.23. The molecule has 2 N–H and O–H groups in total. The molecule has 1 aromatic heterocycles. The van der Waals surface area contributed by atoms with Crippen LogP contribution in [0.2, 0.25) is 0 Å². The molecular formula is C13H20N2O3. The molecular weight excluding hydrogens is 232 g/mol. The lowest BCUT2D eigenvalue weighted by Gasteiger charge is -2.20. The van der Waals surface area contributed by atoms with Gasteiger partial charge in [-0.05, 0) is 12.0 Å². The molecule has 5 heteroatoms. The fourth-order valence-corrected chi connectivity index (χ4v) is 1.89. The summed E-state index contributed by atoms with van der Waals surface area (Å²) >= 11 is 0. The van der Waals surface area contributed by atoms with Crippen LogP contribution in [0.5, 0.6) is 0 Å². The van der Waals surface area contributed by atoms with Crippen LogP contribution < -0.4 is 10.0 Å². The van der Waals surface area contributed by atoms with Gasteiger partial charge in [0.05, 0.1) is 6.10 Å². The number of carbonyl (C=O) groups excluding carboxylic acids is 1. The summed E-state index contributed by atoms with van der Waals surface area (Å²) in [6, 6.07) is 3.08. The highest BCUT2D eigenvalue weighted by atomic mass is 16.5. The zero-order valence-corrected chi connectivity index (χ0v) is 10.8. The Balaban J connectivity index is 2.51. The second-order valence-corrected chi connectivity index (χ2v) is 4.31. The molecule has 1 rings (SSSR count). The third-order valence-corrected chi connectivity index (χ3v) is 3.10. The predicted molar refractivity (Wildman–Crippen MR) is 67.8 cm³/mol. The maximum absolute atomic E-state index is 11.7. The van der Waals surface area contributed by atoms with Gasteiger partial charge in [-0.15, -0.1) is 0 Å². The van der Waals surface area contributed by atoms with Gasteiger partial charge in [0, 0.05) is 12.6 Å². The zero-order valence-electron chi connectivity index (χ0n) is 10.8. The number of carbonyl (C=O) groups is 1. The largest absolute Gasteiger partial charge is 0.619 e. The molecule has 0 saturated carbocycles. The average molecular weight is 252 g/mol. The summed E-state index contributed by atoms with van der Waals surface area (Å²) in [7, 11) is 0. The fraction of sp³-hybridized carbons (Fsp3) is 0.538. The van der Waals surface area contributed by atoms with Gasteiger partial charge in [0.25, 0.3) is 5.91 Å². The second-order valence-electron chi connectivity index (χ2n) is 4.31. The van der Waals surface area contributed by atoms with Gasteiger partial charge in [0.15, 0.2) is 12.4 Å². The summed E-state index contributed by atoms with van der Waals surface area (Å²) in [6.07, 6.45) is 3.72. The van der Waals surface area contributed by atoms with E-state index in [1.165, 1.54) is 18.5 Å². The van der Waals surface area contributed by atoms with Crippen molar-refractivity contribution < 1.29 is 14.6 Å². The molecule has 0 bridgehead atoms. The van der Waals surface area contributed by atoms with E-state index in [1.807, 2.05) is 13.8 Å². The number of hydrogen-bond acceptors (Lipinski definition) is 3. The normalized spacial score (nSPS) is 12.4. The van der Waals surface area contributed by atoms with Gasteiger partial charge in [-0.25, -0.2) is 0 Å². The SMILES string of the molecule is CCC(CC)C(O)CNC(=O)c1ccc[n+]([O-])c1. The number of aliphatic hydroxyl groups excluding tert-OH is 1. The van der Waals surface area contributed by atoms with E-state index < -0.39 is 6.10 Å². The molecule has 0 aliphatic rings. The number of pyridine rings is 1. The Hall–Kier alpha value is -1.62. The minimum absolute atomic E-state index is 0.186. The maximum Gasteiger partial charge on any atom is 0.257 e. The van der Waals surface area contributed by atoms with Crippen molar-refractivity contribution in [2.45, 2.75) is 32.8 Å². The molecule has 0 aliphatic heterocycles. The lowest BCUT2D eigenvalue weighted by molar-refractivity contribution is -0.605. The topological polar surface area (TPSA) is 76.3 Å². The van der Waals surface area contributed by atoms with Gasteiger partial charge in [-0.3, -0.25) is 4.79 Å². The number of nitrogens with zero attached hydrogens (tertiary/aromatic N) is 1. The Kier molecular flexibility index (Phi) is 5.58. The van der Waals surface area contributed by atoms with Crippen molar-refractivity contribution in [2.24, 2.45) is 5.92 Å². The highest BCUT2D eigenvalue weighted by molar-refractivity contribution is 5.93. The third-order valence-electron chi connectivity index (χ3n) is 3.10. The summed E-state index contributed by atoms with van der Waals surface area (Å²) in [4.78, 5) is 11.7. The van der Waals surface area contributed by atoms with Crippen molar-refractivity contribution in [1.29, 1.82) is 0 Å². The number of aliphatic hydroxyl groups is 1. The van der Waals surface area contributed by atoms with Crippen molar-refractivity contribution in [3.8, 4) is 0 Å². The second kappa shape index (κ2) is 6.96. The molecule has 0 aliphatic carbocycles. The van der Waals surface area contributed by atoms with Crippen molar-refractivity contribution in [1.82, 2.24) is 5.32 Å². The lowest BCUT2D eigenvalue weighted by atomic mass is 9.96. The van der Waals surface area contributed by atoms with E-state index in [-0.39, 0.29) is 18.4 Å². The lowest BCUT2D eigenvalue weighted by Crippen LogP contribution is -2.37. The first-order chi connectivity index (χ1) is 8.58. The first-order valence-electron chi connectivity index (χ1n) is 6.23. The summed E-state index contributed by atoms with van der Waals surface area (Å²) < 4.78 is 0.576. The van der Waals surface area contributed by atoms with Crippen LogP contribution in [-0.4, -0.2) is 23.7 Å². The predicted octanol–water partition coefficient (Wildman–Crippen LogP) is 0.847. The molecule has 1 unspecified atom stereocenters. The quantitative estimate of drug-likeness (QED) is 0.582. The van der Waals surface area contributed by atoms with Gasteiger partial charge in [0.2, 0.25) is 0 Å². The summed E-state index contributed by atoms with van der Waals surface area (Å²) in [5.41, 5.74) is 0.296. The van der Waals surface area contributed by atoms with Gasteiger partial charge < -0.3 is 15.6 Å². The Bertz CT molecular complexity index is 392. The molecule has 0 radical (unpaired) electrons. The van der Waals surface area contributed by atoms with E-state index in [0.29, 0.717) is 10.3 Å². The number of amides is 1. The van der Waals surface area contributed by atoms with Crippen molar-refractivity contribution in [3.63, 3.8) is 0 Å². The average Bonchev–Trinajstić information content (AvgIpc) is 2.37. The van der Waals surface area contributed by atoms with E-state index in [4.69, 9.17) is 0 Å². The smallest absolute Gasteiger partial charge is 0.257 e. The summed E-state index contributed by atoms with van der Waals surface area (Å²) in [5.74, 6) is -0.157. The van der Waals surface area contributed by atoms with Crippen molar-refractivity contribution >= 4 is 5.91 Å². The third kappa shape index (κ3) is 4.00. The van der Waals surface area contributed by atoms with E-state index in [1.54, 1.807) is 6.07 Å². The molecule has 0 spiro atoms. The number of nitrogens with one attached hydrogen (secondary N) is 1. The van der Waals surface area contributed by atoms with Gasteiger partial charge in [-0.2, -0.15) is 4.73 Å². The highest BCUT2D eigenvalue weighted by Gasteiger charge is 2.17. The summed E-state index contributed by atoms with van der Waals surface area (Å²) in [6.45, 7) is 4.23. The zero-order chi connectivity index (χ0) is 13.5. The molecule has 5 nitrogen and oxygen atoms in total. The van der Waals surface area contributed by atoms with E-state index >= 15 is 0 Å². The molecule has 1 aromatic rings. The standard InChI is InChI=1S/C13H20N2O3/c1-3-10(4-2)12(16)8-14-13(17)11-6-5-7-15(18)9-11/h5-7,9-10,12,16H,3-4,8H2,1-2H3,(H,14,17). The summed E-state index contributed by atoms with van der Waals surface area (Å²) in [5, 5.41) is 23.5. The van der Waals surface area contributed by atoms with Crippen LogP contribution in [0.25, 0.3) is 0 Å². The molecule has 18 heavy (non-hydrogen) atoms. The van der Waals surface area contributed by atoms with Crippen LogP contribution in [0.1, 0.15) is 37.0 Å². The van der Waals surface area contributed by atoms with Crippen LogP contribution in [0.3, 0.4) is 0 Å².